The first kappa shape index (κ1) is 14.7. The predicted octanol–water partition coefficient (Wildman–Crippen LogP) is 1.77. The minimum Gasteiger partial charge on any atom is -0.503 e. The summed E-state index contributed by atoms with van der Waals surface area (Å²) in [5.74, 6) is -2.74. The summed E-state index contributed by atoms with van der Waals surface area (Å²) in [5.41, 5.74) is 0.414. The average molecular weight is 284 g/mol. The molecule has 0 aromatic heterocycles. The van der Waals surface area contributed by atoms with Gasteiger partial charge < -0.3 is 15.3 Å². The van der Waals surface area contributed by atoms with Gasteiger partial charge in [-0.2, -0.15) is 0 Å². The highest BCUT2D eigenvalue weighted by Crippen LogP contribution is 2.21. The maximum absolute atomic E-state index is 13.2. The van der Waals surface area contributed by atoms with Crippen LogP contribution in [-0.2, 0) is 11.3 Å². The van der Waals surface area contributed by atoms with E-state index >= 15 is 0 Å². The lowest BCUT2D eigenvalue weighted by Crippen LogP contribution is -2.39. The largest absolute Gasteiger partial charge is 0.503 e. The smallest absolute Gasteiger partial charge is 0.222 e. The van der Waals surface area contributed by atoms with Gasteiger partial charge >= 0.3 is 0 Å². The Morgan fingerprint density at radius 2 is 2.05 bits per heavy atom. The van der Waals surface area contributed by atoms with Crippen LogP contribution in [0.25, 0.3) is 0 Å². The zero-order valence-corrected chi connectivity index (χ0v) is 11.3. The van der Waals surface area contributed by atoms with Crippen LogP contribution >= 0.6 is 0 Å². The predicted molar refractivity (Wildman–Crippen MR) is 70.1 cm³/mol. The molecule has 0 bridgehead atoms. The number of hydrogen-bond donors (Lipinski definition) is 2. The lowest BCUT2D eigenvalue weighted by Gasteiger charge is -2.21. The number of phenolic OH excluding ortho intramolecular Hbond substituents is 1. The highest BCUT2D eigenvalue weighted by atomic mass is 19.1. The zero-order chi connectivity index (χ0) is 14.7. The summed E-state index contributed by atoms with van der Waals surface area (Å²) < 4.78 is 26.3. The number of hydrogen-bond acceptors (Lipinski definition) is 3. The van der Waals surface area contributed by atoms with Crippen LogP contribution in [0.15, 0.2) is 12.1 Å². The Bertz CT molecular complexity index is 485. The molecule has 0 radical (unpaired) electrons. The van der Waals surface area contributed by atoms with Gasteiger partial charge in [-0.1, -0.05) is 0 Å². The van der Waals surface area contributed by atoms with E-state index in [1.165, 1.54) is 0 Å². The first-order valence-corrected chi connectivity index (χ1v) is 6.65. The molecule has 1 heterocycles. The molecule has 1 aliphatic heterocycles. The van der Waals surface area contributed by atoms with Gasteiger partial charge in [0.05, 0.1) is 0 Å². The summed E-state index contributed by atoms with van der Waals surface area (Å²) in [6.07, 6.45) is 1.49. The fourth-order valence-corrected chi connectivity index (χ4v) is 2.30. The monoisotopic (exact) mass is 284 g/mol. The molecule has 1 fully saturated rings. The molecule has 1 aromatic rings. The quantitative estimate of drug-likeness (QED) is 0.866. The molecule has 0 saturated carbocycles. The van der Waals surface area contributed by atoms with E-state index in [1.807, 2.05) is 6.92 Å². The van der Waals surface area contributed by atoms with Crippen LogP contribution in [0.5, 0.6) is 5.75 Å². The third kappa shape index (κ3) is 3.45. The van der Waals surface area contributed by atoms with Gasteiger partial charge in [-0.15, -0.1) is 0 Å². The fraction of sp³-hybridized carbons (Fsp3) is 0.500. The molecular formula is C14H18F2N2O2. The molecular weight excluding hydrogens is 266 g/mol. The van der Waals surface area contributed by atoms with Crippen LogP contribution in [0.3, 0.4) is 0 Å². The number of nitrogens with one attached hydrogen (secondary N) is 1. The second-order valence-electron chi connectivity index (χ2n) is 5.13. The summed E-state index contributed by atoms with van der Waals surface area (Å²) in [7, 11) is 0. The standard InChI is InChI=1S/C14H18F2N2O2/c1-9(8-18-4-2-3-13(18)19)17-7-10-5-11(15)14(20)12(16)6-10/h5-6,9,17,20H,2-4,7-8H2,1H3. The van der Waals surface area contributed by atoms with Gasteiger partial charge in [0, 0.05) is 32.1 Å². The maximum atomic E-state index is 13.2. The minimum atomic E-state index is -0.968. The van der Waals surface area contributed by atoms with Crippen LogP contribution < -0.4 is 5.32 Å². The van der Waals surface area contributed by atoms with Crippen molar-refractivity contribution in [2.45, 2.75) is 32.4 Å². The average Bonchev–Trinajstić information content (AvgIpc) is 2.79. The van der Waals surface area contributed by atoms with Crippen molar-refractivity contribution in [3.63, 3.8) is 0 Å². The molecule has 20 heavy (non-hydrogen) atoms. The number of likely N-dealkylation sites (tertiary alicyclic amines) is 1. The second-order valence-corrected chi connectivity index (χ2v) is 5.13. The maximum Gasteiger partial charge on any atom is 0.222 e. The SMILES string of the molecule is CC(CN1CCCC1=O)NCc1cc(F)c(O)c(F)c1. The number of benzene rings is 1. The van der Waals surface area contributed by atoms with Gasteiger partial charge in [0.25, 0.3) is 0 Å². The highest BCUT2D eigenvalue weighted by molar-refractivity contribution is 5.78. The molecule has 4 nitrogen and oxygen atoms in total. The van der Waals surface area contributed by atoms with E-state index < -0.39 is 17.4 Å². The first-order valence-electron chi connectivity index (χ1n) is 6.65. The molecule has 0 aliphatic carbocycles. The van der Waals surface area contributed by atoms with Crippen LogP contribution in [0.2, 0.25) is 0 Å². The lowest BCUT2D eigenvalue weighted by atomic mass is 10.2. The van der Waals surface area contributed by atoms with Gasteiger partial charge in [0.2, 0.25) is 5.91 Å². The van der Waals surface area contributed by atoms with Crippen LogP contribution in [0, 0.1) is 11.6 Å². The van der Waals surface area contributed by atoms with E-state index in [-0.39, 0.29) is 18.5 Å². The number of aromatic hydroxyl groups is 1. The van der Waals surface area contributed by atoms with E-state index in [1.54, 1.807) is 4.90 Å². The van der Waals surface area contributed by atoms with Gasteiger partial charge in [0.1, 0.15) is 0 Å². The lowest BCUT2D eigenvalue weighted by molar-refractivity contribution is -0.127. The van der Waals surface area contributed by atoms with Crippen molar-refractivity contribution in [1.29, 1.82) is 0 Å². The van der Waals surface area contributed by atoms with E-state index in [9.17, 15) is 13.6 Å². The Hall–Kier alpha value is -1.69. The molecule has 1 aliphatic rings. The van der Waals surface area contributed by atoms with Gasteiger partial charge in [0.15, 0.2) is 17.4 Å². The zero-order valence-electron chi connectivity index (χ0n) is 11.3. The first-order chi connectivity index (χ1) is 9.47. The molecule has 1 amide bonds. The number of amides is 1. The normalized spacial score (nSPS) is 16.8. The summed E-state index contributed by atoms with van der Waals surface area (Å²) in [4.78, 5) is 13.3. The van der Waals surface area contributed by atoms with Crippen molar-refractivity contribution in [2.75, 3.05) is 13.1 Å². The summed E-state index contributed by atoms with van der Waals surface area (Å²) in [5, 5.41) is 12.1. The molecule has 1 unspecified atom stereocenters. The van der Waals surface area contributed by atoms with Crippen molar-refractivity contribution in [3.05, 3.63) is 29.3 Å². The Labute approximate surface area is 116 Å². The van der Waals surface area contributed by atoms with Crippen LogP contribution in [0.1, 0.15) is 25.3 Å². The minimum absolute atomic E-state index is 0.0250. The van der Waals surface area contributed by atoms with Gasteiger partial charge in [-0.05, 0) is 31.0 Å². The van der Waals surface area contributed by atoms with E-state index in [4.69, 9.17) is 5.11 Å². The number of carbonyl (C=O) groups is 1. The van der Waals surface area contributed by atoms with Crippen molar-refractivity contribution in [2.24, 2.45) is 0 Å². The summed E-state index contributed by atoms with van der Waals surface area (Å²) in [6.45, 7) is 3.55. The Morgan fingerprint density at radius 1 is 1.40 bits per heavy atom. The molecule has 0 spiro atoms. The van der Waals surface area contributed by atoms with Crippen molar-refractivity contribution in [3.8, 4) is 5.75 Å². The number of carbonyl (C=O) groups excluding carboxylic acids is 1. The van der Waals surface area contributed by atoms with Gasteiger partial charge in [-0.25, -0.2) is 8.78 Å². The van der Waals surface area contributed by atoms with Gasteiger partial charge in [-0.3, -0.25) is 4.79 Å². The summed E-state index contributed by atoms with van der Waals surface area (Å²) in [6, 6.07) is 2.22. The Morgan fingerprint density at radius 3 is 2.60 bits per heavy atom. The molecule has 1 atom stereocenters. The molecule has 1 aromatic carbocycles. The van der Waals surface area contributed by atoms with E-state index in [2.05, 4.69) is 5.32 Å². The number of halogens is 2. The third-order valence-electron chi connectivity index (χ3n) is 3.40. The van der Waals surface area contributed by atoms with Crippen LogP contribution in [0.4, 0.5) is 8.78 Å². The Balaban J connectivity index is 1.87. The van der Waals surface area contributed by atoms with E-state index in [0.29, 0.717) is 18.5 Å². The van der Waals surface area contributed by atoms with Crippen molar-refractivity contribution >= 4 is 5.91 Å². The second kappa shape index (κ2) is 6.17. The molecule has 2 N–H and O–H groups in total. The number of rotatable bonds is 5. The van der Waals surface area contributed by atoms with E-state index in [0.717, 1.165) is 25.1 Å². The number of phenols is 1. The molecule has 1 saturated heterocycles. The number of nitrogens with zero attached hydrogens (tertiary/aromatic N) is 1. The fourth-order valence-electron chi connectivity index (χ4n) is 2.30. The van der Waals surface area contributed by atoms with Crippen LogP contribution in [-0.4, -0.2) is 35.0 Å². The van der Waals surface area contributed by atoms with Crippen molar-refractivity contribution < 1.29 is 18.7 Å². The Kier molecular flexibility index (Phi) is 4.54. The summed E-state index contributed by atoms with van der Waals surface area (Å²) >= 11 is 0. The van der Waals surface area contributed by atoms with Crippen molar-refractivity contribution in [1.82, 2.24) is 10.2 Å². The molecule has 2 rings (SSSR count). The highest BCUT2D eigenvalue weighted by Gasteiger charge is 2.21. The third-order valence-corrected chi connectivity index (χ3v) is 3.40. The molecule has 6 heteroatoms. The molecule has 110 valence electrons. The topological polar surface area (TPSA) is 52.6 Å².